The lowest BCUT2D eigenvalue weighted by Crippen LogP contribution is -2.35. The van der Waals surface area contributed by atoms with Crippen molar-refractivity contribution in [1.82, 2.24) is 9.97 Å². The summed E-state index contributed by atoms with van der Waals surface area (Å²) in [5.74, 6) is 0.160. The van der Waals surface area contributed by atoms with Crippen LogP contribution in [-0.2, 0) is 4.79 Å². The highest BCUT2D eigenvalue weighted by Crippen LogP contribution is 2.38. The molecule has 19 heavy (non-hydrogen) atoms. The SMILES string of the molecule is COc1cc(C)nc(NCC2(C(=O)O)CCCC2)n1. The van der Waals surface area contributed by atoms with E-state index >= 15 is 0 Å². The summed E-state index contributed by atoms with van der Waals surface area (Å²) in [6, 6.07) is 1.73. The summed E-state index contributed by atoms with van der Waals surface area (Å²) in [6.07, 6.45) is 3.34. The molecule has 0 aromatic carbocycles. The average Bonchev–Trinajstić information content (AvgIpc) is 2.86. The van der Waals surface area contributed by atoms with Gasteiger partial charge in [0.25, 0.3) is 0 Å². The molecule has 6 heteroatoms. The zero-order chi connectivity index (χ0) is 13.9. The Morgan fingerprint density at radius 1 is 1.47 bits per heavy atom. The fourth-order valence-corrected chi connectivity index (χ4v) is 2.49. The van der Waals surface area contributed by atoms with Crippen LogP contribution in [0.2, 0.25) is 0 Å². The van der Waals surface area contributed by atoms with Crippen molar-refractivity contribution in [1.29, 1.82) is 0 Å². The van der Waals surface area contributed by atoms with Crippen LogP contribution in [-0.4, -0.2) is 34.7 Å². The van der Waals surface area contributed by atoms with E-state index in [9.17, 15) is 9.90 Å². The molecule has 1 aliphatic carbocycles. The van der Waals surface area contributed by atoms with Gasteiger partial charge in [-0.3, -0.25) is 4.79 Å². The molecule has 2 rings (SSSR count). The topological polar surface area (TPSA) is 84.3 Å². The second-order valence-corrected chi connectivity index (χ2v) is 5.02. The van der Waals surface area contributed by atoms with E-state index in [1.165, 1.54) is 0 Å². The minimum absolute atomic E-state index is 0.356. The fraction of sp³-hybridized carbons (Fsp3) is 0.615. The monoisotopic (exact) mass is 265 g/mol. The predicted molar refractivity (Wildman–Crippen MR) is 70.3 cm³/mol. The molecule has 1 fully saturated rings. The van der Waals surface area contributed by atoms with E-state index in [1.807, 2.05) is 6.92 Å². The number of hydrogen-bond acceptors (Lipinski definition) is 5. The number of aliphatic carboxylic acids is 1. The number of aryl methyl sites for hydroxylation is 1. The number of ether oxygens (including phenoxy) is 1. The molecule has 0 atom stereocenters. The molecule has 1 aliphatic rings. The Kier molecular flexibility index (Phi) is 3.87. The van der Waals surface area contributed by atoms with E-state index in [4.69, 9.17) is 4.74 Å². The van der Waals surface area contributed by atoms with Gasteiger partial charge in [0.15, 0.2) is 0 Å². The molecular formula is C13H19N3O3. The molecule has 0 aliphatic heterocycles. The molecule has 1 saturated carbocycles. The number of carboxylic acids is 1. The minimum Gasteiger partial charge on any atom is -0.481 e. The largest absolute Gasteiger partial charge is 0.481 e. The van der Waals surface area contributed by atoms with E-state index in [-0.39, 0.29) is 0 Å². The molecule has 0 amide bonds. The van der Waals surface area contributed by atoms with Crippen molar-refractivity contribution in [3.63, 3.8) is 0 Å². The number of anilines is 1. The summed E-state index contributed by atoms with van der Waals surface area (Å²) >= 11 is 0. The minimum atomic E-state index is -0.739. The lowest BCUT2D eigenvalue weighted by molar-refractivity contribution is -0.147. The van der Waals surface area contributed by atoms with Gasteiger partial charge < -0.3 is 15.2 Å². The molecular weight excluding hydrogens is 246 g/mol. The van der Waals surface area contributed by atoms with Gasteiger partial charge in [0.1, 0.15) is 0 Å². The highest BCUT2D eigenvalue weighted by atomic mass is 16.5. The maximum Gasteiger partial charge on any atom is 0.311 e. The van der Waals surface area contributed by atoms with Crippen LogP contribution in [0.1, 0.15) is 31.4 Å². The molecule has 0 bridgehead atoms. The summed E-state index contributed by atoms with van der Waals surface area (Å²) < 4.78 is 5.07. The summed E-state index contributed by atoms with van der Waals surface area (Å²) in [7, 11) is 1.54. The Morgan fingerprint density at radius 2 is 2.16 bits per heavy atom. The van der Waals surface area contributed by atoms with Crippen LogP contribution in [0.5, 0.6) is 5.88 Å². The van der Waals surface area contributed by atoms with Gasteiger partial charge in [0.05, 0.1) is 12.5 Å². The van der Waals surface area contributed by atoms with Gasteiger partial charge >= 0.3 is 5.97 Å². The van der Waals surface area contributed by atoms with Crippen molar-refractivity contribution >= 4 is 11.9 Å². The van der Waals surface area contributed by atoms with Crippen LogP contribution < -0.4 is 10.1 Å². The van der Waals surface area contributed by atoms with Crippen molar-refractivity contribution in [2.45, 2.75) is 32.6 Å². The van der Waals surface area contributed by atoms with E-state index in [0.29, 0.717) is 31.2 Å². The molecule has 0 unspecified atom stereocenters. The molecule has 0 saturated heterocycles. The molecule has 0 radical (unpaired) electrons. The standard InChI is InChI=1S/C13H19N3O3/c1-9-7-10(19-2)16-12(15-9)14-8-13(11(17)18)5-3-4-6-13/h7H,3-6,8H2,1-2H3,(H,17,18)(H,14,15,16). The number of nitrogens with zero attached hydrogens (tertiary/aromatic N) is 2. The van der Waals surface area contributed by atoms with Crippen molar-refractivity contribution in [2.24, 2.45) is 5.41 Å². The van der Waals surface area contributed by atoms with Crippen molar-refractivity contribution in [2.75, 3.05) is 19.0 Å². The Hall–Kier alpha value is -1.85. The molecule has 0 spiro atoms. The van der Waals surface area contributed by atoms with Gasteiger partial charge in [-0.2, -0.15) is 4.98 Å². The van der Waals surface area contributed by atoms with Gasteiger partial charge in [0, 0.05) is 18.3 Å². The zero-order valence-corrected chi connectivity index (χ0v) is 11.3. The third-order valence-electron chi connectivity index (χ3n) is 3.64. The highest BCUT2D eigenvalue weighted by molar-refractivity contribution is 5.75. The zero-order valence-electron chi connectivity index (χ0n) is 11.3. The number of carbonyl (C=O) groups is 1. The summed E-state index contributed by atoms with van der Waals surface area (Å²) in [6.45, 7) is 2.20. The van der Waals surface area contributed by atoms with Crippen LogP contribution in [0.3, 0.4) is 0 Å². The van der Waals surface area contributed by atoms with Gasteiger partial charge in [-0.15, -0.1) is 0 Å². The quantitative estimate of drug-likeness (QED) is 0.845. The van der Waals surface area contributed by atoms with Crippen LogP contribution in [0.15, 0.2) is 6.07 Å². The second kappa shape index (κ2) is 5.42. The number of methoxy groups -OCH3 is 1. The third-order valence-corrected chi connectivity index (χ3v) is 3.64. The Bertz CT molecular complexity index is 470. The van der Waals surface area contributed by atoms with Crippen molar-refractivity contribution < 1.29 is 14.6 Å². The number of aromatic nitrogens is 2. The molecule has 2 N–H and O–H groups in total. The lowest BCUT2D eigenvalue weighted by atomic mass is 9.86. The molecule has 6 nitrogen and oxygen atoms in total. The first-order chi connectivity index (χ1) is 9.05. The van der Waals surface area contributed by atoms with Crippen LogP contribution in [0.25, 0.3) is 0 Å². The number of hydrogen-bond donors (Lipinski definition) is 2. The normalized spacial score (nSPS) is 17.2. The molecule has 1 heterocycles. The van der Waals surface area contributed by atoms with Crippen molar-refractivity contribution in [3.8, 4) is 5.88 Å². The Balaban J connectivity index is 2.09. The molecule has 104 valence electrons. The summed E-state index contributed by atoms with van der Waals surface area (Å²) in [5.41, 5.74) is 0.102. The first-order valence-electron chi connectivity index (χ1n) is 6.43. The number of carboxylic acid groups (broad SMARTS) is 1. The first-order valence-corrected chi connectivity index (χ1v) is 6.43. The van der Waals surface area contributed by atoms with Gasteiger partial charge in [-0.05, 0) is 19.8 Å². The van der Waals surface area contributed by atoms with Crippen LogP contribution in [0, 0.1) is 12.3 Å². The predicted octanol–water partition coefficient (Wildman–Crippen LogP) is 1.85. The van der Waals surface area contributed by atoms with Gasteiger partial charge in [-0.25, -0.2) is 4.98 Å². The van der Waals surface area contributed by atoms with E-state index in [1.54, 1.807) is 13.2 Å². The second-order valence-electron chi connectivity index (χ2n) is 5.02. The molecule has 1 aromatic heterocycles. The Morgan fingerprint density at radius 3 is 2.74 bits per heavy atom. The third kappa shape index (κ3) is 2.94. The van der Waals surface area contributed by atoms with Gasteiger partial charge in [0.2, 0.25) is 11.8 Å². The van der Waals surface area contributed by atoms with Gasteiger partial charge in [-0.1, -0.05) is 12.8 Å². The first kappa shape index (κ1) is 13.6. The smallest absolute Gasteiger partial charge is 0.311 e. The lowest BCUT2D eigenvalue weighted by Gasteiger charge is -2.24. The maximum absolute atomic E-state index is 11.4. The number of rotatable bonds is 5. The summed E-state index contributed by atoms with van der Waals surface area (Å²) in [5, 5.41) is 12.4. The highest BCUT2D eigenvalue weighted by Gasteiger charge is 2.41. The molecule has 1 aromatic rings. The fourth-order valence-electron chi connectivity index (χ4n) is 2.49. The van der Waals surface area contributed by atoms with E-state index in [0.717, 1.165) is 18.5 Å². The number of nitrogens with one attached hydrogen (secondary N) is 1. The summed E-state index contributed by atoms with van der Waals surface area (Å²) in [4.78, 5) is 19.8. The van der Waals surface area contributed by atoms with Crippen LogP contribution in [0.4, 0.5) is 5.95 Å². The maximum atomic E-state index is 11.4. The van der Waals surface area contributed by atoms with E-state index in [2.05, 4.69) is 15.3 Å². The van der Waals surface area contributed by atoms with Crippen LogP contribution >= 0.6 is 0 Å². The Labute approximate surface area is 112 Å². The van der Waals surface area contributed by atoms with Crippen molar-refractivity contribution in [3.05, 3.63) is 11.8 Å². The average molecular weight is 265 g/mol. The van der Waals surface area contributed by atoms with E-state index < -0.39 is 11.4 Å².